The molecular weight excluding hydrogens is 425 g/mol. The molecule has 0 unspecified atom stereocenters. The molecule has 0 aliphatic rings. The molecule has 132 valence electrons. The molecule has 10 heteroatoms. The number of benzene rings is 2. The normalized spacial score (nSPS) is 10.2. The van der Waals surface area contributed by atoms with Crippen molar-refractivity contribution in [2.45, 2.75) is 0 Å². The molecule has 0 bridgehead atoms. The van der Waals surface area contributed by atoms with Crippen molar-refractivity contribution in [3.05, 3.63) is 64.6 Å². The van der Waals surface area contributed by atoms with E-state index in [1.54, 1.807) is 18.2 Å². The number of hydrogen-bond donors (Lipinski definition) is 2. The lowest BCUT2D eigenvalue weighted by molar-refractivity contribution is 0.0814. The highest BCUT2D eigenvalue weighted by molar-refractivity contribution is 9.10. The largest absolute Gasteiger partial charge is 0.371 e. The van der Waals surface area contributed by atoms with Crippen LogP contribution in [-0.4, -0.2) is 27.1 Å². The standard InChI is InChI=1S/C16H11BrFN5O2S/c17-12-8-6-10(7-9-12)13-20-21-15(26-13)22-23(16(25)19-18)14(24)11-4-2-1-3-5-11/h1-9H,(H,19,25)(H,21,22). The molecule has 2 N–H and O–H groups in total. The second kappa shape index (κ2) is 8.02. The van der Waals surface area contributed by atoms with Gasteiger partial charge in [0.25, 0.3) is 5.91 Å². The number of urea groups is 1. The Labute approximate surface area is 159 Å². The van der Waals surface area contributed by atoms with Crippen LogP contribution in [0.2, 0.25) is 0 Å². The van der Waals surface area contributed by atoms with Gasteiger partial charge in [-0.25, -0.2) is 4.79 Å². The molecule has 0 aliphatic carbocycles. The molecular formula is C16H11BrFN5O2S. The predicted octanol–water partition coefficient (Wildman–Crippen LogP) is 4.03. The van der Waals surface area contributed by atoms with Gasteiger partial charge in [0.2, 0.25) is 5.13 Å². The van der Waals surface area contributed by atoms with Gasteiger partial charge in [0.05, 0.1) is 0 Å². The quantitative estimate of drug-likeness (QED) is 0.477. The maximum absolute atomic E-state index is 12.7. The first-order valence-electron chi connectivity index (χ1n) is 7.24. The Morgan fingerprint density at radius 2 is 1.73 bits per heavy atom. The minimum atomic E-state index is -1.26. The van der Waals surface area contributed by atoms with Gasteiger partial charge in [-0.2, -0.15) is 10.5 Å². The van der Waals surface area contributed by atoms with Crippen LogP contribution in [0.1, 0.15) is 10.4 Å². The highest BCUT2D eigenvalue weighted by atomic mass is 79.9. The number of anilines is 1. The zero-order valence-corrected chi connectivity index (χ0v) is 15.4. The third-order valence-corrected chi connectivity index (χ3v) is 4.64. The molecule has 3 rings (SSSR count). The Hall–Kier alpha value is -2.85. The maximum atomic E-state index is 12.7. The van der Waals surface area contributed by atoms with Gasteiger partial charge in [0.15, 0.2) is 0 Å². The molecule has 0 fully saturated rings. The van der Waals surface area contributed by atoms with E-state index < -0.39 is 11.9 Å². The maximum Gasteiger partial charge on any atom is 0.371 e. The molecule has 1 heterocycles. The first kappa shape index (κ1) is 18.0. The summed E-state index contributed by atoms with van der Waals surface area (Å²) in [7, 11) is 0. The summed E-state index contributed by atoms with van der Waals surface area (Å²) in [4.78, 5) is 24.2. The van der Waals surface area contributed by atoms with Crippen LogP contribution in [0, 0.1) is 0 Å². The highest BCUT2D eigenvalue weighted by Crippen LogP contribution is 2.27. The molecule has 7 nitrogen and oxygen atoms in total. The molecule has 0 radical (unpaired) electrons. The van der Waals surface area contributed by atoms with Crippen LogP contribution in [-0.2, 0) is 0 Å². The summed E-state index contributed by atoms with van der Waals surface area (Å²) in [5.41, 5.74) is 4.46. The molecule has 2 aromatic carbocycles. The van der Waals surface area contributed by atoms with E-state index in [0.29, 0.717) is 10.0 Å². The number of amides is 3. The molecule has 1 aromatic heterocycles. The number of carbonyl (C=O) groups is 2. The molecule has 0 aliphatic heterocycles. The zero-order valence-electron chi connectivity index (χ0n) is 13.0. The summed E-state index contributed by atoms with van der Waals surface area (Å²) >= 11 is 4.46. The number of rotatable bonds is 4. The first-order valence-corrected chi connectivity index (χ1v) is 8.85. The van der Waals surface area contributed by atoms with E-state index >= 15 is 0 Å². The molecule has 0 saturated carbocycles. The first-order chi connectivity index (χ1) is 12.6. The van der Waals surface area contributed by atoms with Crippen molar-refractivity contribution < 1.29 is 14.1 Å². The predicted molar refractivity (Wildman–Crippen MR) is 98.9 cm³/mol. The summed E-state index contributed by atoms with van der Waals surface area (Å²) < 4.78 is 13.6. The van der Waals surface area contributed by atoms with Gasteiger partial charge in [0, 0.05) is 15.6 Å². The van der Waals surface area contributed by atoms with Crippen molar-refractivity contribution in [1.82, 2.24) is 20.7 Å². The van der Waals surface area contributed by atoms with Gasteiger partial charge in [0.1, 0.15) is 5.01 Å². The Morgan fingerprint density at radius 3 is 2.38 bits per heavy atom. The lowest BCUT2D eigenvalue weighted by atomic mass is 10.2. The van der Waals surface area contributed by atoms with E-state index in [4.69, 9.17) is 0 Å². The lowest BCUT2D eigenvalue weighted by Gasteiger charge is -2.18. The van der Waals surface area contributed by atoms with E-state index in [-0.39, 0.29) is 10.7 Å². The summed E-state index contributed by atoms with van der Waals surface area (Å²) in [6.07, 6.45) is 0. The van der Waals surface area contributed by atoms with Gasteiger partial charge in [-0.05, 0) is 24.3 Å². The van der Waals surface area contributed by atoms with Crippen molar-refractivity contribution in [3.63, 3.8) is 0 Å². The van der Waals surface area contributed by atoms with Crippen molar-refractivity contribution in [2.24, 2.45) is 0 Å². The monoisotopic (exact) mass is 435 g/mol. The minimum Gasteiger partial charge on any atom is -0.267 e. The van der Waals surface area contributed by atoms with Crippen LogP contribution in [0.15, 0.2) is 59.1 Å². The third kappa shape index (κ3) is 4.03. The average Bonchev–Trinajstić information content (AvgIpc) is 3.15. The number of hydrazine groups is 1. The highest BCUT2D eigenvalue weighted by Gasteiger charge is 2.24. The molecule has 0 atom stereocenters. The lowest BCUT2D eigenvalue weighted by Crippen LogP contribution is -2.45. The van der Waals surface area contributed by atoms with Gasteiger partial charge in [-0.1, -0.05) is 62.1 Å². The number of aromatic nitrogens is 2. The van der Waals surface area contributed by atoms with Crippen molar-refractivity contribution in [3.8, 4) is 10.6 Å². The summed E-state index contributed by atoms with van der Waals surface area (Å²) in [5, 5.41) is 9.15. The summed E-state index contributed by atoms with van der Waals surface area (Å²) in [6.45, 7) is 0. The number of nitrogens with one attached hydrogen (secondary N) is 2. The van der Waals surface area contributed by atoms with E-state index in [1.165, 1.54) is 12.1 Å². The van der Waals surface area contributed by atoms with Crippen molar-refractivity contribution >= 4 is 44.3 Å². The van der Waals surface area contributed by atoms with Crippen LogP contribution in [0.3, 0.4) is 0 Å². The van der Waals surface area contributed by atoms with E-state index in [2.05, 4.69) is 31.6 Å². The number of carbonyl (C=O) groups excluding carboxylic acids is 2. The van der Waals surface area contributed by atoms with Gasteiger partial charge < -0.3 is 0 Å². The van der Waals surface area contributed by atoms with Crippen LogP contribution >= 0.6 is 27.3 Å². The summed E-state index contributed by atoms with van der Waals surface area (Å²) in [6, 6.07) is 14.1. The Kier molecular flexibility index (Phi) is 5.54. The minimum absolute atomic E-state index is 0.163. The topological polar surface area (TPSA) is 87.2 Å². The fourth-order valence-corrected chi connectivity index (χ4v) is 3.02. The Morgan fingerprint density at radius 1 is 1.04 bits per heavy atom. The number of imide groups is 1. The van der Waals surface area contributed by atoms with Crippen LogP contribution in [0.25, 0.3) is 10.6 Å². The fourth-order valence-electron chi connectivity index (χ4n) is 2.02. The molecule has 3 aromatic rings. The summed E-state index contributed by atoms with van der Waals surface area (Å²) in [5.74, 6) is -0.735. The molecule has 0 saturated heterocycles. The van der Waals surface area contributed by atoms with Crippen LogP contribution in [0.4, 0.5) is 14.4 Å². The van der Waals surface area contributed by atoms with Gasteiger partial charge in [-0.3, -0.25) is 10.2 Å². The van der Waals surface area contributed by atoms with Crippen molar-refractivity contribution in [2.75, 3.05) is 5.43 Å². The van der Waals surface area contributed by atoms with Crippen molar-refractivity contribution in [1.29, 1.82) is 0 Å². The number of halogens is 2. The third-order valence-electron chi connectivity index (χ3n) is 3.23. The van der Waals surface area contributed by atoms with E-state index in [9.17, 15) is 14.1 Å². The molecule has 26 heavy (non-hydrogen) atoms. The van der Waals surface area contributed by atoms with Gasteiger partial charge in [-0.15, -0.1) is 10.2 Å². The second-order valence-corrected chi connectivity index (χ2v) is 6.83. The molecule has 0 spiro atoms. The van der Waals surface area contributed by atoms with E-state index in [0.717, 1.165) is 26.9 Å². The SMILES string of the molecule is O=C(NF)N(Nc1nnc(-c2ccc(Br)cc2)s1)C(=O)c1ccccc1. The fraction of sp³-hybridized carbons (Fsp3) is 0. The average molecular weight is 436 g/mol. The molecule has 3 amide bonds. The number of hydrogen-bond acceptors (Lipinski definition) is 6. The second-order valence-electron chi connectivity index (χ2n) is 4.94. The van der Waals surface area contributed by atoms with Gasteiger partial charge >= 0.3 is 6.03 Å². The van der Waals surface area contributed by atoms with Crippen LogP contribution in [0.5, 0.6) is 0 Å². The number of nitrogens with zero attached hydrogens (tertiary/aromatic N) is 3. The van der Waals surface area contributed by atoms with E-state index in [1.807, 2.05) is 24.3 Å². The Balaban J connectivity index is 1.83. The zero-order chi connectivity index (χ0) is 18.5. The Bertz CT molecular complexity index is 920. The van der Waals surface area contributed by atoms with Crippen LogP contribution < -0.4 is 11.0 Å². The smallest absolute Gasteiger partial charge is 0.267 e.